The molecule has 1 heterocycles. The Balaban J connectivity index is 1.76. The molecule has 204 valence electrons. The van der Waals surface area contributed by atoms with E-state index in [1.807, 2.05) is 75.4 Å². The summed E-state index contributed by atoms with van der Waals surface area (Å²) in [6.07, 6.45) is 0.00677. The Labute approximate surface area is 228 Å². The van der Waals surface area contributed by atoms with E-state index in [9.17, 15) is 19.5 Å². The van der Waals surface area contributed by atoms with E-state index in [0.29, 0.717) is 13.0 Å². The first-order valence-electron chi connectivity index (χ1n) is 12.7. The molecule has 3 rings (SSSR count). The number of ether oxygens (including phenoxy) is 1. The van der Waals surface area contributed by atoms with Gasteiger partial charge in [-0.3, -0.25) is 9.59 Å². The summed E-state index contributed by atoms with van der Waals surface area (Å²) >= 11 is 1.47. The largest absolute Gasteiger partial charge is 0.449 e. The van der Waals surface area contributed by atoms with Crippen LogP contribution in [0.25, 0.3) is 0 Å². The number of alkyl carbamates (subject to hydrolysis) is 1. The zero-order valence-electron chi connectivity index (χ0n) is 22.2. The first kappa shape index (κ1) is 29.3. The molecule has 1 aliphatic rings. The SMILES string of the molecule is C=CCCOC(=O)N[C@@H](Cc1ccccc1)[C@H](O)C(=O)N1CSC(C)(C)[C@H]1C(=O)NCc1ccccc1C. The number of nitrogens with one attached hydrogen (secondary N) is 2. The molecular formula is C29H37N3O5S. The third-order valence-electron chi connectivity index (χ3n) is 6.58. The number of carbonyl (C=O) groups is 3. The first-order chi connectivity index (χ1) is 18.1. The van der Waals surface area contributed by atoms with E-state index in [4.69, 9.17) is 4.74 Å². The van der Waals surface area contributed by atoms with Crippen molar-refractivity contribution in [3.63, 3.8) is 0 Å². The van der Waals surface area contributed by atoms with Crippen molar-refractivity contribution in [3.8, 4) is 0 Å². The number of amides is 3. The number of nitrogens with zero attached hydrogens (tertiary/aromatic N) is 1. The zero-order chi connectivity index (χ0) is 27.7. The standard InChI is InChI=1S/C29H37N3O5S/c1-5-6-16-37-28(36)31-23(17-21-13-8-7-9-14-21)24(33)27(35)32-19-38-29(3,4)25(32)26(34)30-18-22-15-11-10-12-20(22)2/h5,7-15,23-25,33H,1,6,16-19H2,2-4H3,(H,30,34)(H,31,36)/t23-,24-,25+/m0/s1. The Hall–Kier alpha value is -3.30. The third kappa shape index (κ3) is 7.61. The number of hydrogen-bond acceptors (Lipinski definition) is 6. The van der Waals surface area contributed by atoms with Crippen LogP contribution in [0.15, 0.2) is 67.3 Å². The molecule has 1 saturated heterocycles. The van der Waals surface area contributed by atoms with Crippen LogP contribution in [0.4, 0.5) is 4.79 Å². The molecule has 0 unspecified atom stereocenters. The van der Waals surface area contributed by atoms with Crippen LogP contribution >= 0.6 is 11.8 Å². The van der Waals surface area contributed by atoms with Crippen LogP contribution in [0.2, 0.25) is 0 Å². The molecule has 3 amide bonds. The predicted molar refractivity (Wildman–Crippen MR) is 149 cm³/mol. The fraction of sp³-hybridized carbons (Fsp3) is 0.414. The fourth-order valence-corrected chi connectivity index (χ4v) is 5.52. The van der Waals surface area contributed by atoms with Crippen LogP contribution in [0.5, 0.6) is 0 Å². The van der Waals surface area contributed by atoms with Crippen LogP contribution in [0.1, 0.15) is 37.0 Å². The van der Waals surface area contributed by atoms with Crippen molar-refractivity contribution in [1.82, 2.24) is 15.5 Å². The van der Waals surface area contributed by atoms with Crippen LogP contribution < -0.4 is 10.6 Å². The number of benzene rings is 2. The van der Waals surface area contributed by atoms with Gasteiger partial charge in [0.05, 0.1) is 18.5 Å². The zero-order valence-corrected chi connectivity index (χ0v) is 23.0. The predicted octanol–water partition coefficient (Wildman–Crippen LogP) is 3.57. The Kier molecular flexibility index (Phi) is 10.4. The van der Waals surface area contributed by atoms with Gasteiger partial charge in [0.1, 0.15) is 6.04 Å². The summed E-state index contributed by atoms with van der Waals surface area (Å²) in [5, 5.41) is 16.8. The maximum atomic E-state index is 13.6. The van der Waals surface area contributed by atoms with Gasteiger partial charge in [-0.15, -0.1) is 18.3 Å². The molecule has 2 aromatic carbocycles. The minimum Gasteiger partial charge on any atom is -0.449 e. The average molecular weight is 540 g/mol. The summed E-state index contributed by atoms with van der Waals surface area (Å²) in [6, 6.07) is 15.3. The van der Waals surface area contributed by atoms with Crippen molar-refractivity contribution < 1.29 is 24.2 Å². The maximum absolute atomic E-state index is 13.6. The molecule has 38 heavy (non-hydrogen) atoms. The maximum Gasteiger partial charge on any atom is 0.407 e. The van der Waals surface area contributed by atoms with Gasteiger partial charge in [0.2, 0.25) is 5.91 Å². The normalized spacial score (nSPS) is 17.8. The van der Waals surface area contributed by atoms with Crippen molar-refractivity contribution in [2.45, 2.75) is 63.1 Å². The summed E-state index contributed by atoms with van der Waals surface area (Å²) in [7, 11) is 0. The van der Waals surface area contributed by atoms with E-state index in [1.165, 1.54) is 16.7 Å². The summed E-state index contributed by atoms with van der Waals surface area (Å²) < 4.78 is 4.58. The van der Waals surface area contributed by atoms with Gasteiger partial charge in [0, 0.05) is 11.3 Å². The van der Waals surface area contributed by atoms with Gasteiger partial charge >= 0.3 is 6.09 Å². The van der Waals surface area contributed by atoms with E-state index in [-0.39, 0.29) is 24.8 Å². The monoisotopic (exact) mass is 539 g/mol. The fourth-order valence-electron chi connectivity index (χ4n) is 4.38. The highest BCUT2D eigenvalue weighted by Crippen LogP contribution is 2.40. The highest BCUT2D eigenvalue weighted by molar-refractivity contribution is 8.00. The van der Waals surface area contributed by atoms with Crippen LogP contribution in [0.3, 0.4) is 0 Å². The van der Waals surface area contributed by atoms with E-state index in [2.05, 4.69) is 17.2 Å². The van der Waals surface area contributed by atoms with Crippen molar-refractivity contribution in [3.05, 3.63) is 83.9 Å². The lowest BCUT2D eigenvalue weighted by Gasteiger charge is -2.33. The average Bonchev–Trinajstić information content (AvgIpc) is 3.22. The number of aliphatic hydroxyl groups is 1. The molecule has 8 nitrogen and oxygen atoms in total. The molecule has 9 heteroatoms. The van der Waals surface area contributed by atoms with E-state index < -0.39 is 34.9 Å². The Morgan fingerprint density at radius 3 is 2.55 bits per heavy atom. The Morgan fingerprint density at radius 1 is 1.18 bits per heavy atom. The second kappa shape index (κ2) is 13.5. The number of thioether (sulfide) groups is 1. The highest BCUT2D eigenvalue weighted by atomic mass is 32.2. The second-order valence-electron chi connectivity index (χ2n) is 9.83. The molecule has 0 spiro atoms. The lowest BCUT2D eigenvalue weighted by molar-refractivity contribution is -0.147. The molecule has 1 fully saturated rings. The van der Waals surface area contributed by atoms with E-state index in [0.717, 1.165) is 16.7 Å². The molecule has 0 aliphatic carbocycles. The van der Waals surface area contributed by atoms with Gasteiger partial charge < -0.3 is 25.4 Å². The Bertz CT molecular complexity index is 1120. The number of aliphatic hydroxyl groups excluding tert-OH is 1. The molecular weight excluding hydrogens is 502 g/mol. The summed E-state index contributed by atoms with van der Waals surface area (Å²) in [6.45, 7) is 9.87. The molecule has 0 bridgehead atoms. The van der Waals surface area contributed by atoms with E-state index >= 15 is 0 Å². The van der Waals surface area contributed by atoms with Crippen LogP contribution in [-0.4, -0.2) is 63.3 Å². The number of carbonyl (C=O) groups excluding carboxylic acids is 3. The van der Waals surface area contributed by atoms with Crippen molar-refractivity contribution in [2.75, 3.05) is 12.5 Å². The molecule has 0 saturated carbocycles. The Morgan fingerprint density at radius 2 is 1.87 bits per heavy atom. The quantitative estimate of drug-likeness (QED) is 0.298. The van der Waals surface area contributed by atoms with Gasteiger partial charge in [0.15, 0.2) is 6.10 Å². The first-order valence-corrected chi connectivity index (χ1v) is 13.7. The lowest BCUT2D eigenvalue weighted by atomic mass is 9.97. The van der Waals surface area contributed by atoms with Gasteiger partial charge in [-0.1, -0.05) is 60.7 Å². The van der Waals surface area contributed by atoms with Gasteiger partial charge in [0.25, 0.3) is 5.91 Å². The topological polar surface area (TPSA) is 108 Å². The van der Waals surface area contributed by atoms with Gasteiger partial charge in [-0.25, -0.2) is 4.79 Å². The lowest BCUT2D eigenvalue weighted by Crippen LogP contribution is -2.58. The molecule has 1 aliphatic heterocycles. The number of rotatable bonds is 11. The molecule has 3 N–H and O–H groups in total. The smallest absolute Gasteiger partial charge is 0.407 e. The summed E-state index contributed by atoms with van der Waals surface area (Å²) in [5.41, 5.74) is 2.88. The van der Waals surface area contributed by atoms with Crippen molar-refractivity contribution in [2.24, 2.45) is 0 Å². The van der Waals surface area contributed by atoms with Crippen LogP contribution in [0, 0.1) is 6.92 Å². The van der Waals surface area contributed by atoms with Crippen LogP contribution in [-0.2, 0) is 27.3 Å². The van der Waals surface area contributed by atoms with Crippen molar-refractivity contribution >= 4 is 29.7 Å². The van der Waals surface area contributed by atoms with E-state index in [1.54, 1.807) is 6.08 Å². The van der Waals surface area contributed by atoms with Gasteiger partial charge in [-0.2, -0.15) is 0 Å². The second-order valence-corrected chi connectivity index (χ2v) is 11.4. The summed E-state index contributed by atoms with van der Waals surface area (Å²) in [5.74, 6) is -0.667. The number of hydrogen-bond donors (Lipinski definition) is 3. The minimum absolute atomic E-state index is 0.136. The molecule has 0 aromatic heterocycles. The minimum atomic E-state index is -1.58. The van der Waals surface area contributed by atoms with Gasteiger partial charge in [-0.05, 0) is 50.3 Å². The highest BCUT2D eigenvalue weighted by Gasteiger charge is 2.49. The summed E-state index contributed by atoms with van der Waals surface area (Å²) in [4.78, 5) is 40.8. The number of aryl methyl sites for hydroxylation is 1. The third-order valence-corrected chi connectivity index (χ3v) is 7.96. The molecule has 0 radical (unpaired) electrons. The molecule has 2 aromatic rings. The van der Waals surface area contributed by atoms with Crippen molar-refractivity contribution in [1.29, 1.82) is 0 Å². The molecule has 3 atom stereocenters.